The summed E-state index contributed by atoms with van der Waals surface area (Å²) in [6, 6.07) is 11.8. The highest BCUT2D eigenvalue weighted by Gasteiger charge is 2.39. The number of benzene rings is 2. The Morgan fingerprint density at radius 3 is 1.47 bits per heavy atom. The third-order valence-corrected chi connectivity index (χ3v) is 11.9. The van der Waals surface area contributed by atoms with Crippen LogP contribution in [0.5, 0.6) is 0 Å². The van der Waals surface area contributed by atoms with Crippen LogP contribution in [-0.2, 0) is 28.5 Å². The number of nitrogens with zero attached hydrogens (tertiary/aromatic N) is 2. The number of hydrogen-bond acceptors (Lipinski definition) is 13. The van der Waals surface area contributed by atoms with Gasteiger partial charge in [-0.05, 0) is 128 Å². The molecule has 5 N–H and O–H groups in total. The van der Waals surface area contributed by atoms with Gasteiger partial charge in [0, 0.05) is 76.7 Å². The van der Waals surface area contributed by atoms with Crippen molar-refractivity contribution in [1.29, 1.82) is 0 Å². The lowest BCUT2D eigenvalue weighted by molar-refractivity contribution is -0.139. The highest BCUT2D eigenvalue weighted by atomic mass is 32.2. The molecule has 0 unspecified atom stereocenters. The fourth-order valence-electron chi connectivity index (χ4n) is 6.26. The summed E-state index contributed by atoms with van der Waals surface area (Å²) in [7, 11) is 0. The number of ketones is 1. The molecule has 64 heavy (non-hydrogen) atoms. The zero-order chi connectivity index (χ0) is 47.7. The minimum absolute atomic E-state index is 0.0541. The number of ether oxygens (including phenoxy) is 4. The molecule has 0 aromatic heterocycles. The van der Waals surface area contributed by atoms with E-state index in [4.69, 9.17) is 34.9 Å². The first-order valence-electron chi connectivity index (χ1n) is 21.9. The standard InChI is InChI=1S/C19H26FNO4S.C9H12FNO.C9H15NO4S.C5H10O.C4H8O/c1-19(2,3)25-18(24)21-9-11-26-17(21)16(23)12-14(8-10-22)13-4-6-15(20)7-5-13;10-8-3-1-7(2-4-8)9(11)5-6-12;1-9(2,3)14-8(13)10-4-5-15-6(10)7(11)12;1-2-4-6-5-3-1;1-2-4-5-3-1/h4-7,14,17,22H,8-12H2,1-3H3;1-4,9,12H,5-6,11H2;6H,4-5H2,1-3H3,(H,11,12);1-5H2;1-4H2/t14-,17+;9-;6-;;/m100../s1. The van der Waals surface area contributed by atoms with Crippen molar-refractivity contribution in [2.75, 3.05) is 64.2 Å². The Kier molecular flexibility index (Phi) is 26.4. The van der Waals surface area contributed by atoms with Crippen LogP contribution in [0.3, 0.4) is 0 Å². The van der Waals surface area contributed by atoms with E-state index in [2.05, 4.69) is 0 Å². The Morgan fingerprint density at radius 2 is 1.09 bits per heavy atom. The second kappa shape index (κ2) is 29.9. The minimum atomic E-state index is -0.997. The molecule has 0 saturated carbocycles. The molecule has 0 bridgehead atoms. The van der Waals surface area contributed by atoms with Crippen molar-refractivity contribution in [2.24, 2.45) is 5.73 Å². The van der Waals surface area contributed by atoms with E-state index < -0.39 is 40.1 Å². The molecule has 6 rings (SSSR count). The van der Waals surface area contributed by atoms with E-state index in [1.54, 1.807) is 65.8 Å². The largest absolute Gasteiger partial charge is 0.479 e. The molecular weight excluding hydrogens is 873 g/mol. The van der Waals surface area contributed by atoms with Crippen molar-refractivity contribution in [3.63, 3.8) is 0 Å². The number of amides is 2. The Morgan fingerprint density at radius 1 is 0.688 bits per heavy atom. The Bertz CT molecular complexity index is 1640. The van der Waals surface area contributed by atoms with Crippen molar-refractivity contribution in [3.8, 4) is 0 Å². The van der Waals surface area contributed by atoms with Crippen LogP contribution in [0.4, 0.5) is 18.4 Å². The second-order valence-corrected chi connectivity index (χ2v) is 19.6. The third kappa shape index (κ3) is 23.1. The molecule has 4 heterocycles. The summed E-state index contributed by atoms with van der Waals surface area (Å²) in [6.07, 6.45) is 6.54. The Balaban J connectivity index is 0.000000311. The minimum Gasteiger partial charge on any atom is -0.479 e. The van der Waals surface area contributed by atoms with E-state index in [9.17, 15) is 33.1 Å². The lowest BCUT2D eigenvalue weighted by atomic mass is 9.91. The maximum absolute atomic E-state index is 13.1. The van der Waals surface area contributed by atoms with Crippen LogP contribution in [0.2, 0.25) is 0 Å². The van der Waals surface area contributed by atoms with Gasteiger partial charge < -0.3 is 40.0 Å². The van der Waals surface area contributed by atoms with E-state index in [0.29, 0.717) is 37.4 Å². The van der Waals surface area contributed by atoms with Gasteiger partial charge in [-0.15, -0.1) is 23.5 Å². The highest BCUT2D eigenvalue weighted by molar-refractivity contribution is 8.01. The molecule has 0 aliphatic carbocycles. The van der Waals surface area contributed by atoms with Gasteiger partial charge in [-0.25, -0.2) is 23.2 Å². The number of halogens is 2. The van der Waals surface area contributed by atoms with Gasteiger partial charge in [0.05, 0.1) is 0 Å². The lowest BCUT2D eigenvalue weighted by Gasteiger charge is -2.28. The number of carboxylic acids is 1. The van der Waals surface area contributed by atoms with Gasteiger partial charge in [0.2, 0.25) is 0 Å². The molecule has 4 aliphatic heterocycles. The molecule has 0 radical (unpaired) electrons. The van der Waals surface area contributed by atoms with Crippen molar-refractivity contribution in [3.05, 3.63) is 71.3 Å². The van der Waals surface area contributed by atoms with Crippen LogP contribution in [0.25, 0.3) is 0 Å². The van der Waals surface area contributed by atoms with Gasteiger partial charge in [0.1, 0.15) is 28.2 Å². The number of thioether (sulfide) groups is 2. The Hall–Kier alpha value is -3.52. The molecule has 4 fully saturated rings. The summed E-state index contributed by atoms with van der Waals surface area (Å²) < 4.78 is 46.1. The van der Waals surface area contributed by atoms with Gasteiger partial charge in [0.15, 0.2) is 11.2 Å². The van der Waals surface area contributed by atoms with Crippen LogP contribution in [0.15, 0.2) is 48.5 Å². The molecule has 18 heteroatoms. The fraction of sp³-hybridized carbons (Fsp3) is 0.652. The monoisotopic (exact) mass is 943 g/mol. The van der Waals surface area contributed by atoms with Gasteiger partial charge in [-0.2, -0.15) is 0 Å². The molecular formula is C46H71F2N3O11S2. The molecule has 2 amide bonds. The smallest absolute Gasteiger partial charge is 0.411 e. The number of carbonyl (C=O) groups is 4. The van der Waals surface area contributed by atoms with E-state index in [1.165, 1.54) is 89.7 Å². The predicted molar refractivity (Wildman–Crippen MR) is 246 cm³/mol. The summed E-state index contributed by atoms with van der Waals surface area (Å²) in [6.45, 7) is 15.5. The average molecular weight is 944 g/mol. The average Bonchev–Trinajstić information content (AvgIpc) is 4.07. The van der Waals surface area contributed by atoms with Crippen LogP contribution in [-0.4, -0.2) is 135 Å². The molecule has 4 aliphatic rings. The first-order chi connectivity index (χ1) is 30.3. The summed E-state index contributed by atoms with van der Waals surface area (Å²) >= 11 is 2.66. The lowest BCUT2D eigenvalue weighted by Crippen LogP contribution is -2.42. The van der Waals surface area contributed by atoms with Crippen LogP contribution >= 0.6 is 23.5 Å². The number of aliphatic hydroxyl groups excluding tert-OH is 2. The van der Waals surface area contributed by atoms with Crippen LogP contribution in [0.1, 0.15) is 116 Å². The summed E-state index contributed by atoms with van der Waals surface area (Å²) in [5.74, 6) is -0.591. The van der Waals surface area contributed by atoms with E-state index in [1.807, 2.05) is 0 Å². The number of Topliss-reactive ketones (excluding diaryl/α,β-unsaturated/α-hetero) is 1. The highest BCUT2D eigenvalue weighted by Crippen LogP contribution is 2.32. The van der Waals surface area contributed by atoms with E-state index >= 15 is 0 Å². The van der Waals surface area contributed by atoms with Gasteiger partial charge in [-0.1, -0.05) is 24.3 Å². The number of aliphatic hydroxyl groups is 2. The van der Waals surface area contributed by atoms with E-state index in [0.717, 1.165) is 37.6 Å². The SMILES string of the molecule is C1CCOC1.C1CCOCC1.CC(C)(C)OC(=O)N1CCS[C@H]1C(=O)C[C@@H](CCO)c1ccc(F)cc1.CC(C)(C)OC(=O)N1CCS[C@H]1C(=O)O.N[C@@H](CCO)c1ccc(F)cc1. The van der Waals surface area contributed by atoms with Crippen molar-refractivity contribution < 1.29 is 62.2 Å². The topological polar surface area (TPSA) is 198 Å². The number of carboxylic acid groups (broad SMARTS) is 1. The zero-order valence-corrected chi connectivity index (χ0v) is 39.9. The van der Waals surface area contributed by atoms with E-state index in [-0.39, 0.29) is 49.0 Å². The summed E-state index contributed by atoms with van der Waals surface area (Å²) in [5.41, 5.74) is 6.12. The van der Waals surface area contributed by atoms with Gasteiger partial charge in [-0.3, -0.25) is 14.6 Å². The number of carbonyl (C=O) groups excluding carboxylic acids is 3. The normalized spacial score (nSPS) is 19.2. The fourth-order valence-corrected chi connectivity index (χ4v) is 8.48. The number of nitrogens with two attached hydrogens (primary N) is 1. The maximum atomic E-state index is 13.1. The van der Waals surface area contributed by atoms with Gasteiger partial charge >= 0.3 is 18.2 Å². The molecule has 4 atom stereocenters. The molecule has 2 aromatic carbocycles. The van der Waals surface area contributed by atoms with Crippen molar-refractivity contribution in [1.82, 2.24) is 9.80 Å². The maximum Gasteiger partial charge on any atom is 0.411 e. The quantitative estimate of drug-likeness (QED) is 0.178. The number of aliphatic carboxylic acids is 1. The predicted octanol–water partition coefficient (Wildman–Crippen LogP) is 8.13. The number of hydrogen-bond donors (Lipinski definition) is 4. The molecule has 0 spiro atoms. The van der Waals surface area contributed by atoms with Gasteiger partial charge in [0.25, 0.3) is 0 Å². The van der Waals surface area contributed by atoms with Crippen LogP contribution in [0, 0.1) is 11.6 Å². The van der Waals surface area contributed by atoms with Crippen molar-refractivity contribution >= 4 is 47.5 Å². The molecule has 14 nitrogen and oxygen atoms in total. The first-order valence-corrected chi connectivity index (χ1v) is 24.0. The zero-order valence-electron chi connectivity index (χ0n) is 38.3. The summed E-state index contributed by atoms with van der Waals surface area (Å²) in [4.78, 5) is 50.3. The third-order valence-electron chi connectivity index (χ3n) is 9.43. The summed E-state index contributed by atoms with van der Waals surface area (Å²) in [5, 5.41) is 25.4. The number of rotatable bonds is 10. The van der Waals surface area contributed by atoms with Crippen molar-refractivity contribution in [2.45, 2.75) is 127 Å². The molecule has 2 aromatic rings. The van der Waals surface area contributed by atoms with Crippen LogP contribution < -0.4 is 5.73 Å². The molecule has 4 saturated heterocycles. The molecule has 362 valence electrons. The second-order valence-electron chi connectivity index (χ2n) is 17.2. The Labute approximate surface area is 386 Å². The first kappa shape index (κ1) is 56.6.